The number of hydrogen-bond donors (Lipinski definition) is 2. The molecule has 3 N–H and O–H groups in total. The largest absolute Gasteiger partial charge is 0.390 e. The number of rotatable bonds is 4. The van der Waals surface area contributed by atoms with Gasteiger partial charge in [-0.1, -0.05) is 19.6 Å². The highest BCUT2D eigenvalue weighted by Crippen LogP contribution is 2.32. The van der Waals surface area contributed by atoms with E-state index in [0.717, 1.165) is 16.8 Å². The summed E-state index contributed by atoms with van der Waals surface area (Å²) in [4.78, 5) is 16.7. The third kappa shape index (κ3) is 2.88. The highest BCUT2D eigenvalue weighted by atomic mass is 32.1. The Labute approximate surface area is 122 Å². The Bertz CT molecular complexity index is 700. The first-order valence-electron chi connectivity index (χ1n) is 6.35. The van der Waals surface area contributed by atoms with E-state index in [1.807, 2.05) is 32.1 Å². The summed E-state index contributed by atoms with van der Waals surface area (Å²) in [6.07, 6.45) is 4.60. The summed E-state index contributed by atoms with van der Waals surface area (Å²) in [6.45, 7) is 7.70. The third-order valence-corrected chi connectivity index (χ3v) is 3.73. The molecule has 1 amide bonds. The number of nitrogens with one attached hydrogen (secondary N) is 1. The maximum Gasteiger partial charge on any atom is 0.260 e. The van der Waals surface area contributed by atoms with Gasteiger partial charge in [0.15, 0.2) is 0 Å². The first-order chi connectivity index (χ1) is 9.52. The van der Waals surface area contributed by atoms with Gasteiger partial charge >= 0.3 is 0 Å². The number of nitrogens with two attached hydrogens (primary N) is 1. The van der Waals surface area contributed by atoms with Crippen LogP contribution in [-0.2, 0) is 0 Å². The molecular weight excluding hydrogens is 270 g/mol. The van der Waals surface area contributed by atoms with E-state index < -0.39 is 0 Å². The standard InChI is InChI=1S/C15H17N3OS/c1-4-5-6-9(2)18-15(19)12-13-11(20-14(12)16)8-7-10(3)17-13/h5-8H,2,4,16H2,1,3H3,(H,18,19). The van der Waals surface area contributed by atoms with Crippen molar-refractivity contribution >= 4 is 32.5 Å². The Hall–Kier alpha value is -2.14. The van der Waals surface area contributed by atoms with Crippen molar-refractivity contribution in [1.29, 1.82) is 0 Å². The number of pyridine rings is 1. The molecule has 2 rings (SSSR count). The van der Waals surface area contributed by atoms with E-state index in [2.05, 4.69) is 16.9 Å². The predicted molar refractivity (Wildman–Crippen MR) is 84.8 cm³/mol. The van der Waals surface area contributed by atoms with E-state index in [0.29, 0.717) is 21.8 Å². The fraction of sp³-hybridized carbons (Fsp3) is 0.200. The molecule has 0 fully saturated rings. The minimum absolute atomic E-state index is 0.266. The lowest BCUT2D eigenvalue weighted by atomic mass is 10.2. The van der Waals surface area contributed by atoms with Crippen LogP contribution < -0.4 is 11.1 Å². The predicted octanol–water partition coefficient (Wildman–Crippen LogP) is 3.40. The van der Waals surface area contributed by atoms with Crippen LogP contribution in [0, 0.1) is 6.92 Å². The van der Waals surface area contributed by atoms with Gasteiger partial charge in [0.25, 0.3) is 5.91 Å². The molecule has 0 saturated heterocycles. The molecule has 104 valence electrons. The molecule has 0 aromatic carbocycles. The second-order valence-electron chi connectivity index (χ2n) is 4.43. The van der Waals surface area contributed by atoms with Gasteiger partial charge in [-0.05, 0) is 31.6 Å². The average Bonchev–Trinajstić information content (AvgIpc) is 2.71. The van der Waals surface area contributed by atoms with Crippen molar-refractivity contribution < 1.29 is 4.79 Å². The Balaban J connectivity index is 2.34. The number of nitrogen functional groups attached to an aromatic ring is 1. The summed E-state index contributed by atoms with van der Waals surface area (Å²) < 4.78 is 0.910. The molecule has 5 heteroatoms. The van der Waals surface area contributed by atoms with Gasteiger partial charge in [-0.15, -0.1) is 11.3 Å². The van der Waals surface area contributed by atoms with Crippen LogP contribution in [0.15, 0.2) is 36.6 Å². The molecular formula is C15H17N3OS. The van der Waals surface area contributed by atoms with E-state index in [4.69, 9.17) is 5.73 Å². The van der Waals surface area contributed by atoms with E-state index >= 15 is 0 Å². The quantitative estimate of drug-likeness (QED) is 0.847. The maximum atomic E-state index is 12.3. The molecule has 20 heavy (non-hydrogen) atoms. The molecule has 2 aromatic heterocycles. The Morgan fingerprint density at radius 1 is 1.55 bits per heavy atom. The van der Waals surface area contributed by atoms with Gasteiger partial charge in [-0.2, -0.15) is 0 Å². The second kappa shape index (κ2) is 5.88. The van der Waals surface area contributed by atoms with Gasteiger partial charge in [-0.25, -0.2) is 0 Å². The molecule has 0 radical (unpaired) electrons. The first kappa shape index (κ1) is 14.3. The topological polar surface area (TPSA) is 68.0 Å². The van der Waals surface area contributed by atoms with E-state index in [-0.39, 0.29) is 5.91 Å². The molecule has 4 nitrogen and oxygen atoms in total. The lowest BCUT2D eigenvalue weighted by molar-refractivity contribution is 0.0970. The third-order valence-electron chi connectivity index (χ3n) is 2.76. The zero-order valence-electron chi connectivity index (χ0n) is 11.6. The Morgan fingerprint density at radius 3 is 3.00 bits per heavy atom. The number of carbonyl (C=O) groups is 1. The van der Waals surface area contributed by atoms with Crippen molar-refractivity contribution in [2.75, 3.05) is 5.73 Å². The van der Waals surface area contributed by atoms with Gasteiger partial charge in [0.2, 0.25) is 0 Å². The zero-order valence-corrected chi connectivity index (χ0v) is 12.4. The molecule has 0 aliphatic rings. The van der Waals surface area contributed by atoms with E-state index in [9.17, 15) is 4.79 Å². The van der Waals surface area contributed by atoms with Crippen LogP contribution in [-0.4, -0.2) is 10.9 Å². The summed E-state index contributed by atoms with van der Waals surface area (Å²) in [5, 5.41) is 3.21. The summed E-state index contributed by atoms with van der Waals surface area (Å²) in [5.74, 6) is -0.266. The number of aryl methyl sites for hydroxylation is 1. The molecule has 0 aliphatic carbocycles. The van der Waals surface area contributed by atoms with Crippen LogP contribution in [0.1, 0.15) is 29.4 Å². The molecule has 2 aromatic rings. The van der Waals surface area contributed by atoms with Crippen LogP contribution in [0.25, 0.3) is 10.2 Å². The molecule has 0 bridgehead atoms. The van der Waals surface area contributed by atoms with Crippen molar-refractivity contribution in [3.05, 3.63) is 47.8 Å². The first-order valence-corrected chi connectivity index (χ1v) is 7.17. The molecule has 0 saturated carbocycles. The second-order valence-corrected chi connectivity index (χ2v) is 5.51. The average molecular weight is 287 g/mol. The Kier molecular flexibility index (Phi) is 4.20. The molecule has 0 unspecified atom stereocenters. The van der Waals surface area contributed by atoms with Crippen molar-refractivity contribution in [3.63, 3.8) is 0 Å². The van der Waals surface area contributed by atoms with E-state index in [1.165, 1.54) is 11.3 Å². The molecule has 0 spiro atoms. The number of thiophene rings is 1. The van der Waals surface area contributed by atoms with Crippen LogP contribution in [0.3, 0.4) is 0 Å². The Morgan fingerprint density at radius 2 is 2.30 bits per heavy atom. The van der Waals surface area contributed by atoms with Crippen LogP contribution in [0.2, 0.25) is 0 Å². The van der Waals surface area contributed by atoms with Crippen molar-refractivity contribution in [3.8, 4) is 0 Å². The summed E-state index contributed by atoms with van der Waals surface area (Å²) in [7, 11) is 0. The smallest absolute Gasteiger partial charge is 0.260 e. The van der Waals surface area contributed by atoms with Gasteiger partial charge in [0.1, 0.15) is 10.6 Å². The molecule has 0 atom stereocenters. The molecule has 0 aliphatic heterocycles. The van der Waals surface area contributed by atoms with Crippen LogP contribution in [0.4, 0.5) is 5.00 Å². The normalized spacial score (nSPS) is 11.1. The number of fused-ring (bicyclic) bond motifs is 1. The number of carbonyl (C=O) groups excluding carboxylic acids is 1. The number of hydrogen-bond acceptors (Lipinski definition) is 4. The minimum atomic E-state index is -0.266. The number of anilines is 1. The number of aromatic nitrogens is 1. The summed E-state index contributed by atoms with van der Waals surface area (Å²) in [5.41, 5.74) is 8.43. The monoisotopic (exact) mass is 287 g/mol. The summed E-state index contributed by atoms with van der Waals surface area (Å²) >= 11 is 1.37. The van der Waals surface area contributed by atoms with E-state index in [1.54, 1.807) is 6.08 Å². The number of amides is 1. The minimum Gasteiger partial charge on any atom is -0.390 e. The van der Waals surface area contributed by atoms with Gasteiger partial charge in [0.05, 0.1) is 10.2 Å². The van der Waals surface area contributed by atoms with Gasteiger partial charge < -0.3 is 11.1 Å². The molecule has 2 heterocycles. The van der Waals surface area contributed by atoms with Gasteiger partial charge in [-0.3, -0.25) is 9.78 Å². The van der Waals surface area contributed by atoms with Crippen LogP contribution >= 0.6 is 11.3 Å². The van der Waals surface area contributed by atoms with Crippen molar-refractivity contribution in [1.82, 2.24) is 10.3 Å². The maximum absolute atomic E-state index is 12.3. The zero-order chi connectivity index (χ0) is 14.7. The number of allylic oxidation sites excluding steroid dienone is 2. The fourth-order valence-corrected chi connectivity index (χ4v) is 2.73. The number of nitrogens with zero attached hydrogens (tertiary/aromatic N) is 1. The lowest BCUT2D eigenvalue weighted by Gasteiger charge is -2.04. The van der Waals surface area contributed by atoms with Gasteiger partial charge in [0, 0.05) is 11.4 Å². The van der Waals surface area contributed by atoms with Crippen molar-refractivity contribution in [2.24, 2.45) is 0 Å². The highest BCUT2D eigenvalue weighted by Gasteiger charge is 2.18. The fourth-order valence-electron chi connectivity index (χ4n) is 1.82. The van der Waals surface area contributed by atoms with Crippen LogP contribution in [0.5, 0.6) is 0 Å². The lowest BCUT2D eigenvalue weighted by Crippen LogP contribution is -2.22. The highest BCUT2D eigenvalue weighted by molar-refractivity contribution is 7.23. The summed E-state index contributed by atoms with van der Waals surface area (Å²) in [6, 6.07) is 3.84. The van der Waals surface area contributed by atoms with Crippen molar-refractivity contribution in [2.45, 2.75) is 20.3 Å². The SMILES string of the molecule is C=C(C=CCC)NC(=O)c1c(N)sc2ccc(C)nc12.